The van der Waals surface area contributed by atoms with Crippen molar-refractivity contribution in [2.45, 2.75) is 6.42 Å². The maximum absolute atomic E-state index is 12.2. The molecule has 1 amide bonds. The number of likely N-dealkylation sites (tertiary alicyclic amines) is 1. The highest BCUT2D eigenvalue weighted by atomic mass is 79.9. The van der Waals surface area contributed by atoms with Crippen LogP contribution in [-0.2, 0) is 4.79 Å². The average Bonchev–Trinajstić information content (AvgIpc) is 2.33. The van der Waals surface area contributed by atoms with Crippen LogP contribution in [0, 0.1) is 5.92 Å². The Kier molecular flexibility index (Phi) is 4.09. The fourth-order valence-electron chi connectivity index (χ4n) is 2.08. The summed E-state index contributed by atoms with van der Waals surface area (Å²) >= 11 is 3.34. The van der Waals surface area contributed by atoms with Crippen molar-refractivity contribution >= 4 is 27.8 Å². The van der Waals surface area contributed by atoms with Gasteiger partial charge in [-0.2, -0.15) is 0 Å². The molecule has 0 radical (unpaired) electrons. The molecular formula is C13H14BrNO4. The summed E-state index contributed by atoms with van der Waals surface area (Å²) in [5.41, 5.74) is 0.535. The Morgan fingerprint density at radius 1 is 1.47 bits per heavy atom. The molecule has 1 aromatic carbocycles. The number of nitrogens with zero attached hydrogens (tertiary/aromatic N) is 1. The lowest BCUT2D eigenvalue weighted by Crippen LogP contribution is -2.50. The summed E-state index contributed by atoms with van der Waals surface area (Å²) in [5, 5.41) is 8.68. The standard InChI is InChI=1S/C13H14BrNO4/c1-19-9-2-3-11(14)10(5-9)13(18)15-6-8(7-15)4-12(16)17/h2-3,5,8H,4,6-7H2,1H3,(H,16,17). The van der Waals surface area contributed by atoms with Crippen LogP contribution in [0.5, 0.6) is 5.75 Å². The van der Waals surface area contributed by atoms with Gasteiger partial charge in [0.15, 0.2) is 0 Å². The minimum absolute atomic E-state index is 0.0610. The number of benzene rings is 1. The van der Waals surface area contributed by atoms with Crippen LogP contribution >= 0.6 is 15.9 Å². The number of carboxylic acids is 1. The van der Waals surface area contributed by atoms with Crippen LogP contribution in [0.25, 0.3) is 0 Å². The number of hydrogen-bond acceptors (Lipinski definition) is 3. The first-order chi connectivity index (χ1) is 9.01. The maximum atomic E-state index is 12.2. The summed E-state index contributed by atoms with van der Waals surface area (Å²) in [6.45, 7) is 0.990. The fourth-order valence-corrected chi connectivity index (χ4v) is 2.49. The number of halogens is 1. The third-order valence-corrected chi connectivity index (χ3v) is 3.80. The molecule has 1 aliphatic rings. The molecule has 0 spiro atoms. The van der Waals surface area contributed by atoms with Gasteiger partial charge in [-0.3, -0.25) is 9.59 Å². The van der Waals surface area contributed by atoms with E-state index in [0.29, 0.717) is 28.9 Å². The van der Waals surface area contributed by atoms with Gasteiger partial charge in [0, 0.05) is 23.5 Å². The van der Waals surface area contributed by atoms with Crippen molar-refractivity contribution in [1.29, 1.82) is 0 Å². The molecule has 1 N–H and O–H groups in total. The number of ether oxygens (including phenoxy) is 1. The molecule has 1 aliphatic heterocycles. The van der Waals surface area contributed by atoms with Crippen LogP contribution in [0.15, 0.2) is 22.7 Å². The van der Waals surface area contributed by atoms with Crippen molar-refractivity contribution < 1.29 is 19.4 Å². The van der Waals surface area contributed by atoms with E-state index < -0.39 is 5.97 Å². The van der Waals surface area contributed by atoms with Crippen LogP contribution in [0.2, 0.25) is 0 Å². The van der Waals surface area contributed by atoms with Gasteiger partial charge in [0.2, 0.25) is 0 Å². The molecule has 19 heavy (non-hydrogen) atoms. The molecule has 0 saturated carbocycles. The van der Waals surface area contributed by atoms with Gasteiger partial charge >= 0.3 is 5.97 Å². The number of rotatable bonds is 4. The van der Waals surface area contributed by atoms with E-state index in [9.17, 15) is 9.59 Å². The SMILES string of the molecule is COc1ccc(Br)c(C(=O)N2CC(CC(=O)O)C2)c1. The van der Waals surface area contributed by atoms with E-state index in [1.807, 2.05) is 0 Å². The van der Waals surface area contributed by atoms with E-state index >= 15 is 0 Å². The molecule has 0 aromatic heterocycles. The van der Waals surface area contributed by atoms with Gasteiger partial charge in [-0.05, 0) is 34.1 Å². The third-order valence-electron chi connectivity index (χ3n) is 3.11. The number of aliphatic carboxylic acids is 1. The number of carbonyl (C=O) groups excluding carboxylic acids is 1. The van der Waals surface area contributed by atoms with Crippen molar-refractivity contribution in [3.63, 3.8) is 0 Å². The Morgan fingerprint density at radius 2 is 2.16 bits per heavy atom. The van der Waals surface area contributed by atoms with E-state index in [1.54, 1.807) is 30.2 Å². The number of methoxy groups -OCH3 is 1. The van der Waals surface area contributed by atoms with Crippen molar-refractivity contribution in [3.05, 3.63) is 28.2 Å². The molecule has 0 unspecified atom stereocenters. The quantitative estimate of drug-likeness (QED) is 0.918. The zero-order valence-corrected chi connectivity index (χ0v) is 12.0. The van der Waals surface area contributed by atoms with Gasteiger partial charge in [0.25, 0.3) is 5.91 Å². The topological polar surface area (TPSA) is 66.8 Å². The Hall–Kier alpha value is -1.56. The molecule has 0 atom stereocenters. The number of carboxylic acid groups (broad SMARTS) is 1. The van der Waals surface area contributed by atoms with E-state index in [0.717, 1.165) is 0 Å². The zero-order chi connectivity index (χ0) is 14.0. The Labute approximate surface area is 119 Å². The molecule has 1 aromatic rings. The molecular weight excluding hydrogens is 314 g/mol. The molecule has 102 valence electrons. The minimum atomic E-state index is -0.820. The Morgan fingerprint density at radius 3 is 2.74 bits per heavy atom. The van der Waals surface area contributed by atoms with Crippen LogP contribution < -0.4 is 4.74 Å². The van der Waals surface area contributed by atoms with Crippen molar-refractivity contribution in [2.75, 3.05) is 20.2 Å². The summed E-state index contributed by atoms with van der Waals surface area (Å²) < 4.78 is 5.80. The predicted octanol–water partition coefficient (Wildman–Crippen LogP) is 2.00. The summed E-state index contributed by atoms with van der Waals surface area (Å²) in [6, 6.07) is 5.21. The second-order valence-corrected chi connectivity index (χ2v) is 5.37. The first-order valence-corrected chi connectivity index (χ1v) is 6.65. The zero-order valence-electron chi connectivity index (χ0n) is 10.4. The molecule has 1 fully saturated rings. The molecule has 2 rings (SSSR count). The molecule has 1 saturated heterocycles. The summed E-state index contributed by atoms with van der Waals surface area (Å²) in [7, 11) is 1.55. The van der Waals surface area contributed by atoms with Gasteiger partial charge in [-0.1, -0.05) is 0 Å². The van der Waals surface area contributed by atoms with Gasteiger partial charge in [-0.15, -0.1) is 0 Å². The second-order valence-electron chi connectivity index (χ2n) is 4.52. The second kappa shape index (κ2) is 5.61. The lowest BCUT2D eigenvalue weighted by atomic mass is 9.95. The molecule has 5 nitrogen and oxygen atoms in total. The third kappa shape index (κ3) is 3.07. The number of amides is 1. The normalized spacial score (nSPS) is 14.9. The highest BCUT2D eigenvalue weighted by Gasteiger charge is 2.33. The van der Waals surface area contributed by atoms with Crippen LogP contribution in [-0.4, -0.2) is 42.1 Å². The molecule has 6 heteroatoms. The molecule has 0 bridgehead atoms. The largest absolute Gasteiger partial charge is 0.497 e. The Bertz CT molecular complexity index is 511. The molecule has 1 heterocycles. The summed E-state index contributed by atoms with van der Waals surface area (Å²) in [5.74, 6) is -0.243. The lowest BCUT2D eigenvalue weighted by Gasteiger charge is -2.38. The van der Waals surface area contributed by atoms with Gasteiger partial charge < -0.3 is 14.7 Å². The van der Waals surface area contributed by atoms with E-state index in [4.69, 9.17) is 9.84 Å². The first kappa shape index (κ1) is 13.9. The molecule has 0 aliphatic carbocycles. The van der Waals surface area contributed by atoms with Crippen molar-refractivity contribution in [3.8, 4) is 5.75 Å². The highest BCUT2D eigenvalue weighted by Crippen LogP contribution is 2.27. The fraction of sp³-hybridized carbons (Fsp3) is 0.385. The smallest absolute Gasteiger partial charge is 0.303 e. The van der Waals surface area contributed by atoms with Crippen molar-refractivity contribution in [2.24, 2.45) is 5.92 Å². The highest BCUT2D eigenvalue weighted by molar-refractivity contribution is 9.10. The Balaban J connectivity index is 2.03. The monoisotopic (exact) mass is 327 g/mol. The van der Waals surface area contributed by atoms with Crippen LogP contribution in [0.1, 0.15) is 16.8 Å². The lowest BCUT2D eigenvalue weighted by molar-refractivity contribution is -0.139. The average molecular weight is 328 g/mol. The van der Waals surface area contributed by atoms with Crippen molar-refractivity contribution in [1.82, 2.24) is 4.90 Å². The number of hydrogen-bond donors (Lipinski definition) is 1. The number of carbonyl (C=O) groups is 2. The van der Waals surface area contributed by atoms with Crippen LogP contribution in [0.3, 0.4) is 0 Å². The van der Waals surface area contributed by atoms with Crippen LogP contribution in [0.4, 0.5) is 0 Å². The van der Waals surface area contributed by atoms with E-state index in [-0.39, 0.29) is 18.2 Å². The van der Waals surface area contributed by atoms with E-state index in [1.165, 1.54) is 0 Å². The summed E-state index contributed by atoms with van der Waals surface area (Å²) in [4.78, 5) is 24.4. The maximum Gasteiger partial charge on any atom is 0.303 e. The van der Waals surface area contributed by atoms with Gasteiger partial charge in [-0.25, -0.2) is 0 Å². The van der Waals surface area contributed by atoms with Gasteiger partial charge in [0.05, 0.1) is 19.1 Å². The van der Waals surface area contributed by atoms with E-state index in [2.05, 4.69) is 15.9 Å². The summed E-state index contributed by atoms with van der Waals surface area (Å²) in [6.07, 6.45) is 0.114. The van der Waals surface area contributed by atoms with Gasteiger partial charge in [0.1, 0.15) is 5.75 Å². The first-order valence-electron chi connectivity index (χ1n) is 5.86. The predicted molar refractivity (Wildman–Crippen MR) is 72.3 cm³/mol. The minimum Gasteiger partial charge on any atom is -0.497 e.